The Morgan fingerprint density at radius 3 is 2.77 bits per heavy atom. The zero-order chi connectivity index (χ0) is 18.5. The molecule has 0 saturated heterocycles. The Morgan fingerprint density at radius 1 is 1.31 bits per heavy atom. The third-order valence-corrected chi connectivity index (χ3v) is 4.72. The van der Waals surface area contributed by atoms with Crippen LogP contribution in [0.2, 0.25) is 0 Å². The van der Waals surface area contributed by atoms with Crippen LogP contribution in [0.25, 0.3) is 0 Å². The van der Waals surface area contributed by atoms with E-state index in [0.717, 1.165) is 17.9 Å². The smallest absolute Gasteiger partial charge is 0.256 e. The maximum atomic E-state index is 13.0. The highest BCUT2D eigenvalue weighted by Gasteiger charge is 2.39. The molecule has 6 nitrogen and oxygen atoms in total. The van der Waals surface area contributed by atoms with Gasteiger partial charge in [-0.05, 0) is 33.3 Å². The molecule has 26 heavy (non-hydrogen) atoms. The maximum absolute atomic E-state index is 13.0. The second-order valence-electron chi connectivity index (χ2n) is 7.44. The van der Waals surface area contributed by atoms with E-state index in [-0.39, 0.29) is 17.5 Å². The molecule has 1 aromatic heterocycles. The normalized spacial score (nSPS) is 18.2. The molecular formula is C20H22N4O2. The number of aliphatic imine (C=N–C) groups is 2. The van der Waals surface area contributed by atoms with E-state index in [1.165, 1.54) is 0 Å². The number of hydrogen-bond acceptors (Lipinski definition) is 5. The summed E-state index contributed by atoms with van der Waals surface area (Å²) in [7, 11) is 0. The van der Waals surface area contributed by atoms with Crippen molar-refractivity contribution in [3.63, 3.8) is 0 Å². The van der Waals surface area contributed by atoms with Gasteiger partial charge in [0.1, 0.15) is 17.9 Å². The number of aryl methyl sites for hydroxylation is 1. The molecule has 2 aromatic rings. The second-order valence-corrected chi connectivity index (χ2v) is 7.44. The van der Waals surface area contributed by atoms with Crippen molar-refractivity contribution in [2.24, 2.45) is 9.98 Å². The van der Waals surface area contributed by atoms with E-state index < -0.39 is 0 Å². The molecule has 134 valence electrons. The summed E-state index contributed by atoms with van der Waals surface area (Å²) in [4.78, 5) is 24.2. The first-order chi connectivity index (χ1) is 12.4. The first-order valence-electron chi connectivity index (χ1n) is 8.76. The third kappa shape index (κ3) is 2.71. The number of nitrogens with zero attached hydrogens (tertiary/aromatic N) is 3. The van der Waals surface area contributed by atoms with Crippen LogP contribution >= 0.6 is 0 Å². The number of amides is 1. The van der Waals surface area contributed by atoms with E-state index in [2.05, 4.69) is 24.2 Å². The van der Waals surface area contributed by atoms with Crippen LogP contribution in [-0.2, 0) is 0 Å². The number of furan rings is 1. The fraction of sp³-hybridized carbons (Fsp3) is 0.350. The van der Waals surface area contributed by atoms with Crippen molar-refractivity contribution >= 4 is 24.0 Å². The SMILES string of the molecule is Cc1oc2c(c1C(=O)NC(C)c1ccccc1)C1=NC(C)(C)CN1C=N2. The molecule has 2 aliphatic rings. The van der Waals surface area contributed by atoms with Crippen molar-refractivity contribution in [2.45, 2.75) is 39.3 Å². The monoisotopic (exact) mass is 350 g/mol. The highest BCUT2D eigenvalue weighted by atomic mass is 16.4. The van der Waals surface area contributed by atoms with Crippen molar-refractivity contribution < 1.29 is 9.21 Å². The summed E-state index contributed by atoms with van der Waals surface area (Å²) in [5.41, 5.74) is 2.03. The summed E-state index contributed by atoms with van der Waals surface area (Å²) >= 11 is 0. The molecule has 1 aromatic carbocycles. The van der Waals surface area contributed by atoms with Gasteiger partial charge < -0.3 is 14.6 Å². The minimum atomic E-state index is -0.223. The number of nitrogens with one attached hydrogen (secondary N) is 1. The lowest BCUT2D eigenvalue weighted by molar-refractivity contribution is 0.0938. The van der Waals surface area contributed by atoms with Crippen LogP contribution in [0.5, 0.6) is 0 Å². The van der Waals surface area contributed by atoms with Gasteiger partial charge in [0.15, 0.2) is 0 Å². The summed E-state index contributed by atoms with van der Waals surface area (Å²) < 4.78 is 5.76. The standard InChI is InChI=1S/C20H22N4O2/c1-12(14-8-6-5-7-9-14)22-18(25)15-13(2)26-19-16(15)17-23-20(3,4)10-24(17)11-21-19/h5-9,11-12H,10H2,1-4H3,(H,22,25). The summed E-state index contributed by atoms with van der Waals surface area (Å²) in [5, 5.41) is 3.07. The van der Waals surface area contributed by atoms with Gasteiger partial charge in [0.05, 0.1) is 29.3 Å². The van der Waals surface area contributed by atoms with Crippen LogP contribution in [0.15, 0.2) is 44.7 Å². The first kappa shape index (κ1) is 16.6. The average Bonchev–Trinajstić information content (AvgIpc) is 3.10. The van der Waals surface area contributed by atoms with Gasteiger partial charge >= 0.3 is 0 Å². The van der Waals surface area contributed by atoms with Crippen LogP contribution in [0.4, 0.5) is 5.88 Å². The number of carbonyl (C=O) groups is 1. The van der Waals surface area contributed by atoms with Crippen LogP contribution < -0.4 is 5.32 Å². The molecule has 0 aliphatic carbocycles. The highest BCUT2D eigenvalue weighted by Crippen LogP contribution is 2.37. The molecule has 1 N–H and O–H groups in total. The third-order valence-electron chi connectivity index (χ3n) is 4.72. The molecule has 1 unspecified atom stereocenters. The summed E-state index contributed by atoms with van der Waals surface area (Å²) in [6.07, 6.45) is 1.73. The van der Waals surface area contributed by atoms with Gasteiger partial charge in [0, 0.05) is 0 Å². The Morgan fingerprint density at radius 2 is 2.04 bits per heavy atom. The minimum Gasteiger partial charge on any atom is -0.442 e. The van der Waals surface area contributed by atoms with E-state index in [9.17, 15) is 4.79 Å². The van der Waals surface area contributed by atoms with Crippen LogP contribution in [0.1, 0.15) is 54.1 Å². The number of carbonyl (C=O) groups excluding carboxylic acids is 1. The number of hydrogen-bond donors (Lipinski definition) is 1. The van der Waals surface area contributed by atoms with Gasteiger partial charge in [-0.15, -0.1) is 0 Å². The Hall–Kier alpha value is -2.89. The van der Waals surface area contributed by atoms with Gasteiger partial charge in [-0.3, -0.25) is 9.79 Å². The quantitative estimate of drug-likeness (QED) is 0.919. The van der Waals surface area contributed by atoms with Crippen molar-refractivity contribution in [1.82, 2.24) is 10.2 Å². The Balaban J connectivity index is 1.70. The average molecular weight is 350 g/mol. The fourth-order valence-electron chi connectivity index (χ4n) is 3.49. The molecule has 0 radical (unpaired) electrons. The number of rotatable bonds is 3. The molecule has 0 bridgehead atoms. The minimum absolute atomic E-state index is 0.112. The van der Waals surface area contributed by atoms with Crippen molar-refractivity contribution in [3.8, 4) is 0 Å². The molecule has 1 atom stereocenters. The molecule has 0 saturated carbocycles. The largest absolute Gasteiger partial charge is 0.442 e. The van der Waals surface area contributed by atoms with Crippen molar-refractivity contribution in [2.75, 3.05) is 6.54 Å². The van der Waals surface area contributed by atoms with Gasteiger partial charge in [-0.2, -0.15) is 0 Å². The zero-order valence-electron chi connectivity index (χ0n) is 15.4. The highest BCUT2D eigenvalue weighted by molar-refractivity contribution is 6.17. The number of fused-ring (bicyclic) bond motifs is 3. The van der Waals surface area contributed by atoms with Gasteiger partial charge in [0.25, 0.3) is 5.91 Å². The van der Waals surface area contributed by atoms with Crippen LogP contribution in [0, 0.1) is 6.92 Å². The molecule has 0 fully saturated rings. The molecule has 3 heterocycles. The lowest BCUT2D eigenvalue weighted by Gasteiger charge is -2.20. The maximum Gasteiger partial charge on any atom is 0.256 e. The molecule has 1 amide bonds. The van der Waals surface area contributed by atoms with E-state index in [1.807, 2.05) is 42.2 Å². The molecule has 4 rings (SSSR count). The first-order valence-corrected chi connectivity index (χ1v) is 8.76. The van der Waals surface area contributed by atoms with Crippen molar-refractivity contribution in [3.05, 3.63) is 52.8 Å². The summed E-state index contributed by atoms with van der Waals surface area (Å²) in [6.45, 7) is 8.62. The van der Waals surface area contributed by atoms with E-state index in [1.54, 1.807) is 13.3 Å². The van der Waals surface area contributed by atoms with Crippen LogP contribution in [0.3, 0.4) is 0 Å². The summed E-state index contributed by atoms with van der Waals surface area (Å²) in [6, 6.07) is 9.77. The predicted octanol–water partition coefficient (Wildman–Crippen LogP) is 3.59. The number of amidine groups is 1. The predicted molar refractivity (Wildman–Crippen MR) is 101 cm³/mol. The lowest BCUT2D eigenvalue weighted by Crippen LogP contribution is -2.34. The Bertz CT molecular complexity index is 925. The zero-order valence-corrected chi connectivity index (χ0v) is 15.4. The van der Waals surface area contributed by atoms with Gasteiger partial charge in [-0.25, -0.2) is 4.99 Å². The van der Waals surface area contributed by atoms with Gasteiger partial charge in [-0.1, -0.05) is 30.3 Å². The topological polar surface area (TPSA) is 70.2 Å². The molecule has 2 aliphatic heterocycles. The number of benzene rings is 1. The van der Waals surface area contributed by atoms with E-state index in [0.29, 0.717) is 22.8 Å². The molecular weight excluding hydrogens is 328 g/mol. The Kier molecular flexibility index (Phi) is 3.72. The van der Waals surface area contributed by atoms with Crippen LogP contribution in [-0.4, -0.2) is 35.1 Å². The summed E-state index contributed by atoms with van der Waals surface area (Å²) in [5.74, 6) is 1.59. The lowest BCUT2D eigenvalue weighted by atomic mass is 10.1. The van der Waals surface area contributed by atoms with Gasteiger partial charge in [0.2, 0.25) is 5.88 Å². The fourth-order valence-corrected chi connectivity index (χ4v) is 3.49. The Labute approximate surface area is 152 Å². The van der Waals surface area contributed by atoms with E-state index >= 15 is 0 Å². The molecule has 0 spiro atoms. The van der Waals surface area contributed by atoms with E-state index in [4.69, 9.17) is 9.41 Å². The van der Waals surface area contributed by atoms with Crippen molar-refractivity contribution in [1.29, 1.82) is 0 Å². The molecule has 6 heteroatoms. The second kappa shape index (κ2) is 5.83.